The summed E-state index contributed by atoms with van der Waals surface area (Å²) in [6.07, 6.45) is 1.62. The third-order valence-electron chi connectivity index (χ3n) is 3.92. The number of anilines is 1. The van der Waals surface area contributed by atoms with Gasteiger partial charge in [0.1, 0.15) is 11.6 Å². The molecule has 0 saturated carbocycles. The van der Waals surface area contributed by atoms with Crippen LogP contribution in [0, 0.1) is 0 Å². The monoisotopic (exact) mass is 313 g/mol. The Morgan fingerprint density at radius 2 is 1.58 bits per heavy atom. The number of nitrogens with zero attached hydrogens (tertiary/aromatic N) is 2. The van der Waals surface area contributed by atoms with Gasteiger partial charge in [0.25, 0.3) is 0 Å². The lowest BCUT2D eigenvalue weighted by Crippen LogP contribution is -1.94. The maximum Gasteiger partial charge on any atom is 0.146 e. The topological polar surface area (TPSA) is 57.5 Å². The Kier molecular flexibility index (Phi) is 3.56. The molecule has 0 spiro atoms. The quantitative estimate of drug-likeness (QED) is 0.431. The number of aromatic hydroxyl groups is 1. The van der Waals surface area contributed by atoms with Crippen LogP contribution in [0.25, 0.3) is 21.7 Å². The van der Waals surface area contributed by atoms with Crippen molar-refractivity contribution < 1.29 is 5.11 Å². The van der Waals surface area contributed by atoms with Crippen LogP contribution in [0.4, 0.5) is 5.82 Å². The van der Waals surface area contributed by atoms with Crippen molar-refractivity contribution in [2.75, 3.05) is 5.43 Å². The van der Waals surface area contributed by atoms with Gasteiger partial charge in [-0.3, -0.25) is 5.43 Å². The Morgan fingerprint density at radius 1 is 0.833 bits per heavy atom. The molecular formula is C20H15N3O. The molecule has 0 radical (unpaired) electrons. The number of phenols is 1. The summed E-state index contributed by atoms with van der Waals surface area (Å²) >= 11 is 0. The highest BCUT2D eigenvalue weighted by atomic mass is 16.3. The van der Waals surface area contributed by atoms with E-state index in [9.17, 15) is 5.11 Å². The van der Waals surface area contributed by atoms with Crippen molar-refractivity contribution in [3.05, 3.63) is 78.4 Å². The molecule has 0 bridgehead atoms. The predicted octanol–water partition coefficient (Wildman–Crippen LogP) is 4.54. The summed E-state index contributed by atoms with van der Waals surface area (Å²) in [4.78, 5) is 4.50. The van der Waals surface area contributed by atoms with E-state index in [2.05, 4.69) is 15.5 Å². The molecule has 0 amide bonds. The van der Waals surface area contributed by atoms with E-state index in [1.54, 1.807) is 12.3 Å². The molecule has 0 fully saturated rings. The number of para-hydroxylation sites is 1. The molecule has 0 unspecified atom stereocenters. The Bertz CT molecular complexity index is 1060. The lowest BCUT2D eigenvalue weighted by Gasteiger charge is -2.05. The van der Waals surface area contributed by atoms with Crippen LogP contribution in [0.15, 0.2) is 77.9 Å². The molecule has 2 N–H and O–H groups in total. The van der Waals surface area contributed by atoms with Crippen LogP contribution < -0.4 is 5.43 Å². The van der Waals surface area contributed by atoms with Gasteiger partial charge >= 0.3 is 0 Å². The van der Waals surface area contributed by atoms with Crippen molar-refractivity contribution in [1.29, 1.82) is 0 Å². The van der Waals surface area contributed by atoms with E-state index in [1.807, 2.05) is 66.7 Å². The van der Waals surface area contributed by atoms with Crippen LogP contribution in [0.1, 0.15) is 5.56 Å². The van der Waals surface area contributed by atoms with Gasteiger partial charge in [-0.05, 0) is 35.0 Å². The van der Waals surface area contributed by atoms with E-state index in [1.165, 1.54) is 0 Å². The second-order valence-electron chi connectivity index (χ2n) is 5.48. The highest BCUT2D eigenvalue weighted by molar-refractivity contribution is 6.02. The third kappa shape index (κ3) is 2.65. The number of fused-ring (bicyclic) bond motifs is 2. The van der Waals surface area contributed by atoms with Gasteiger partial charge in [-0.15, -0.1) is 0 Å². The summed E-state index contributed by atoms with van der Waals surface area (Å²) in [5.74, 6) is 0.857. The minimum Gasteiger partial charge on any atom is -0.507 e. The minimum atomic E-state index is 0.200. The van der Waals surface area contributed by atoms with E-state index >= 15 is 0 Å². The predicted molar refractivity (Wildman–Crippen MR) is 98.6 cm³/mol. The van der Waals surface area contributed by atoms with E-state index in [4.69, 9.17) is 0 Å². The highest BCUT2D eigenvalue weighted by Crippen LogP contribution is 2.25. The van der Waals surface area contributed by atoms with Crippen molar-refractivity contribution >= 4 is 33.7 Å². The lowest BCUT2D eigenvalue weighted by molar-refractivity contribution is 0.475. The second-order valence-corrected chi connectivity index (χ2v) is 5.48. The molecule has 4 heteroatoms. The molecule has 0 saturated heterocycles. The Hall–Kier alpha value is -3.40. The number of phenolic OH excluding ortho intramolecular Hbond substituents is 1. The van der Waals surface area contributed by atoms with Crippen molar-refractivity contribution in [3.63, 3.8) is 0 Å². The average molecular weight is 313 g/mol. The fourth-order valence-electron chi connectivity index (χ4n) is 2.71. The van der Waals surface area contributed by atoms with E-state index < -0.39 is 0 Å². The van der Waals surface area contributed by atoms with Crippen LogP contribution >= 0.6 is 0 Å². The Morgan fingerprint density at radius 3 is 2.50 bits per heavy atom. The van der Waals surface area contributed by atoms with E-state index in [0.717, 1.165) is 21.7 Å². The molecule has 4 aromatic rings. The summed E-state index contributed by atoms with van der Waals surface area (Å²) in [5.41, 5.74) is 4.51. The molecule has 4 nitrogen and oxygen atoms in total. The fraction of sp³-hybridized carbons (Fsp3) is 0. The summed E-state index contributed by atoms with van der Waals surface area (Å²) in [7, 11) is 0. The first-order valence-corrected chi connectivity index (χ1v) is 7.67. The number of hydrazone groups is 1. The van der Waals surface area contributed by atoms with Gasteiger partial charge < -0.3 is 5.11 Å². The molecule has 1 heterocycles. The van der Waals surface area contributed by atoms with Crippen molar-refractivity contribution in [2.45, 2.75) is 0 Å². The molecule has 116 valence electrons. The number of pyridine rings is 1. The van der Waals surface area contributed by atoms with Gasteiger partial charge in [-0.2, -0.15) is 5.10 Å². The molecule has 0 atom stereocenters. The van der Waals surface area contributed by atoms with Crippen molar-refractivity contribution in [1.82, 2.24) is 4.98 Å². The van der Waals surface area contributed by atoms with Crippen LogP contribution in [-0.4, -0.2) is 16.3 Å². The van der Waals surface area contributed by atoms with Gasteiger partial charge in [-0.1, -0.05) is 48.5 Å². The molecule has 0 aliphatic carbocycles. The zero-order valence-electron chi connectivity index (χ0n) is 12.8. The fourth-order valence-corrected chi connectivity index (χ4v) is 2.71. The van der Waals surface area contributed by atoms with Crippen LogP contribution in [-0.2, 0) is 0 Å². The average Bonchev–Trinajstić information content (AvgIpc) is 2.63. The number of nitrogens with one attached hydrogen (secondary N) is 1. The van der Waals surface area contributed by atoms with Gasteiger partial charge in [0, 0.05) is 10.9 Å². The molecule has 0 aliphatic heterocycles. The normalized spacial score (nSPS) is 11.3. The minimum absolute atomic E-state index is 0.200. The Labute approximate surface area is 139 Å². The zero-order valence-corrected chi connectivity index (χ0v) is 12.8. The van der Waals surface area contributed by atoms with Gasteiger partial charge in [0.15, 0.2) is 0 Å². The lowest BCUT2D eigenvalue weighted by atomic mass is 10.0. The SMILES string of the molecule is Oc1ccc2ccccc2c1/C=N/Nc1ccc2ccccc2n1. The third-order valence-corrected chi connectivity index (χ3v) is 3.92. The van der Waals surface area contributed by atoms with Crippen molar-refractivity contribution in [3.8, 4) is 5.75 Å². The van der Waals surface area contributed by atoms with Crippen LogP contribution in [0.2, 0.25) is 0 Å². The van der Waals surface area contributed by atoms with E-state index in [-0.39, 0.29) is 5.75 Å². The maximum atomic E-state index is 10.1. The molecule has 3 aromatic carbocycles. The summed E-state index contributed by atoms with van der Waals surface area (Å²) in [6.45, 7) is 0. The van der Waals surface area contributed by atoms with Gasteiger partial charge in [-0.25, -0.2) is 4.98 Å². The smallest absolute Gasteiger partial charge is 0.146 e. The summed E-state index contributed by atoms with van der Waals surface area (Å²) in [6, 6.07) is 23.2. The Balaban J connectivity index is 1.64. The first-order chi connectivity index (χ1) is 11.8. The van der Waals surface area contributed by atoms with Gasteiger partial charge in [0.05, 0.1) is 11.7 Å². The molecule has 0 aliphatic rings. The number of aromatic nitrogens is 1. The number of rotatable bonds is 3. The molecular weight excluding hydrogens is 298 g/mol. The summed E-state index contributed by atoms with van der Waals surface area (Å²) < 4.78 is 0. The standard InChI is InChI=1S/C20H15N3O/c24-19-11-9-14-5-1-3-7-16(14)17(19)13-21-23-20-12-10-15-6-2-4-8-18(15)22-20/h1-13,24H,(H,22,23)/b21-13+. The van der Waals surface area contributed by atoms with E-state index in [0.29, 0.717) is 11.4 Å². The molecule has 24 heavy (non-hydrogen) atoms. The highest BCUT2D eigenvalue weighted by Gasteiger charge is 2.04. The first-order valence-electron chi connectivity index (χ1n) is 7.67. The van der Waals surface area contributed by atoms with Crippen LogP contribution in [0.5, 0.6) is 5.75 Å². The summed E-state index contributed by atoms with van der Waals surface area (Å²) in [5, 5.41) is 17.4. The number of hydrogen-bond donors (Lipinski definition) is 2. The first kappa shape index (κ1) is 14.2. The molecule has 4 rings (SSSR count). The molecule has 1 aromatic heterocycles. The van der Waals surface area contributed by atoms with Crippen LogP contribution in [0.3, 0.4) is 0 Å². The van der Waals surface area contributed by atoms with Gasteiger partial charge in [0.2, 0.25) is 0 Å². The second kappa shape index (κ2) is 6.01. The zero-order chi connectivity index (χ0) is 16.4. The number of benzene rings is 3. The maximum absolute atomic E-state index is 10.1. The van der Waals surface area contributed by atoms with Crippen molar-refractivity contribution in [2.24, 2.45) is 5.10 Å². The largest absolute Gasteiger partial charge is 0.507 e. The number of hydrogen-bond acceptors (Lipinski definition) is 4.